The van der Waals surface area contributed by atoms with E-state index in [2.05, 4.69) is 17.0 Å². The van der Waals surface area contributed by atoms with Crippen LogP contribution in [0.25, 0.3) is 4.96 Å². The number of thiazole rings is 1. The normalized spacial score (nSPS) is 20.8. The first-order valence-corrected chi connectivity index (χ1v) is 10.8. The number of nitrogens with one attached hydrogen (secondary N) is 2. The van der Waals surface area contributed by atoms with Crippen LogP contribution >= 0.6 is 11.3 Å². The van der Waals surface area contributed by atoms with Crippen LogP contribution in [0, 0.1) is 10.1 Å². The van der Waals surface area contributed by atoms with E-state index in [4.69, 9.17) is 0 Å². The maximum Gasteiger partial charge on any atom is 0.269 e. The molecule has 0 spiro atoms. The van der Waals surface area contributed by atoms with Crippen LogP contribution in [0.4, 0.5) is 5.69 Å². The van der Waals surface area contributed by atoms with Crippen molar-refractivity contribution in [3.63, 3.8) is 0 Å². The Hall–Kier alpha value is -2.56. The number of aromatic nitrogens is 3. The molecule has 0 amide bonds. The van der Waals surface area contributed by atoms with Crippen LogP contribution in [-0.2, 0) is 6.42 Å². The summed E-state index contributed by atoms with van der Waals surface area (Å²) in [4.78, 5) is 19.6. The number of nitrogens with zero attached hydrogens (tertiary/aromatic N) is 4. The van der Waals surface area contributed by atoms with Gasteiger partial charge in [0.2, 0.25) is 10.8 Å². The zero-order chi connectivity index (χ0) is 20.5. The van der Waals surface area contributed by atoms with E-state index in [1.54, 1.807) is 17.0 Å². The summed E-state index contributed by atoms with van der Waals surface area (Å²) in [6.45, 7) is 9.36. The van der Waals surface area contributed by atoms with E-state index >= 15 is 0 Å². The van der Waals surface area contributed by atoms with Gasteiger partial charge in [0.1, 0.15) is 31.1 Å². The average molecular weight is 419 g/mol. The Morgan fingerprint density at radius 3 is 2.48 bits per heavy atom. The van der Waals surface area contributed by atoms with Crippen molar-refractivity contribution in [3.8, 4) is 5.88 Å². The van der Waals surface area contributed by atoms with Crippen LogP contribution in [0.3, 0.4) is 0 Å². The summed E-state index contributed by atoms with van der Waals surface area (Å²) in [6.07, 6.45) is 0.710. The molecule has 1 aliphatic heterocycles. The van der Waals surface area contributed by atoms with Crippen molar-refractivity contribution < 1.29 is 19.8 Å². The fraction of sp³-hybridized carbons (Fsp3) is 0.474. The van der Waals surface area contributed by atoms with E-state index < -0.39 is 0 Å². The zero-order valence-corrected chi connectivity index (χ0v) is 17.4. The van der Waals surface area contributed by atoms with Crippen molar-refractivity contribution in [1.29, 1.82) is 0 Å². The highest BCUT2D eigenvalue weighted by atomic mass is 32.1. The minimum atomic E-state index is -0.387. The van der Waals surface area contributed by atoms with Crippen LogP contribution in [-0.4, -0.2) is 57.4 Å². The number of fused-ring (bicyclic) bond motifs is 1. The Kier molecular flexibility index (Phi) is 5.48. The molecule has 0 saturated carbocycles. The van der Waals surface area contributed by atoms with Crippen LogP contribution in [0.1, 0.15) is 36.2 Å². The molecule has 0 aliphatic carbocycles. The fourth-order valence-corrected chi connectivity index (χ4v) is 5.22. The van der Waals surface area contributed by atoms with Gasteiger partial charge in [0.05, 0.1) is 11.5 Å². The van der Waals surface area contributed by atoms with Crippen LogP contribution in [0.15, 0.2) is 24.3 Å². The summed E-state index contributed by atoms with van der Waals surface area (Å²) in [5.74, 6) is 0.829. The highest BCUT2D eigenvalue weighted by Gasteiger charge is 2.36. The minimum absolute atomic E-state index is 0.0715. The van der Waals surface area contributed by atoms with Gasteiger partial charge in [0.25, 0.3) is 5.69 Å². The monoisotopic (exact) mass is 418 g/mol. The second-order valence-corrected chi connectivity index (χ2v) is 8.42. The number of piperazine rings is 1. The highest BCUT2D eigenvalue weighted by Crippen LogP contribution is 2.35. The Balaban J connectivity index is 1.74. The summed E-state index contributed by atoms with van der Waals surface area (Å²) in [7, 11) is 0. The summed E-state index contributed by atoms with van der Waals surface area (Å²) in [5.41, 5.74) is 1.03. The maximum absolute atomic E-state index is 11.1. The average Bonchev–Trinajstić information content (AvgIpc) is 3.28. The largest absolute Gasteiger partial charge is 0.492 e. The van der Waals surface area contributed by atoms with Crippen LogP contribution in [0.5, 0.6) is 5.88 Å². The number of likely N-dealkylation sites (N-methyl/N-ethyl adjacent to an activating group) is 1. The molecule has 29 heavy (non-hydrogen) atoms. The number of hydrogen-bond donors (Lipinski definition) is 3. The molecule has 10 heteroatoms. The summed E-state index contributed by atoms with van der Waals surface area (Å²) < 4.78 is 1.52. The number of aryl methyl sites for hydroxylation is 1. The van der Waals surface area contributed by atoms with Gasteiger partial charge in [-0.1, -0.05) is 18.3 Å². The van der Waals surface area contributed by atoms with E-state index in [0.717, 1.165) is 43.2 Å². The van der Waals surface area contributed by atoms with Crippen molar-refractivity contribution in [1.82, 2.24) is 14.6 Å². The molecule has 9 nitrogen and oxygen atoms in total. The Morgan fingerprint density at radius 2 is 1.93 bits per heavy atom. The minimum Gasteiger partial charge on any atom is -0.492 e. The molecule has 0 bridgehead atoms. The molecule has 1 saturated heterocycles. The Morgan fingerprint density at radius 1 is 1.24 bits per heavy atom. The third-order valence-electron chi connectivity index (χ3n) is 5.77. The molecule has 3 aromatic rings. The van der Waals surface area contributed by atoms with Crippen molar-refractivity contribution in [3.05, 3.63) is 50.6 Å². The number of aromatic hydroxyl groups is 1. The molecule has 154 valence electrons. The third-order valence-corrected chi connectivity index (χ3v) is 6.85. The first-order chi connectivity index (χ1) is 14.0. The van der Waals surface area contributed by atoms with Gasteiger partial charge in [-0.05, 0) is 19.1 Å². The lowest BCUT2D eigenvalue weighted by atomic mass is 10.0. The van der Waals surface area contributed by atoms with Crippen LogP contribution < -0.4 is 9.80 Å². The Labute approximate surface area is 172 Å². The second-order valence-electron chi connectivity index (χ2n) is 7.41. The number of rotatable bonds is 6. The van der Waals surface area contributed by atoms with Gasteiger partial charge in [-0.2, -0.15) is 4.52 Å². The fourth-order valence-electron chi connectivity index (χ4n) is 4.06. The molecule has 1 aromatic carbocycles. The lowest BCUT2D eigenvalue weighted by molar-refractivity contribution is -1.02. The van der Waals surface area contributed by atoms with Crippen molar-refractivity contribution in [2.24, 2.45) is 0 Å². The summed E-state index contributed by atoms with van der Waals surface area (Å²) in [6, 6.07) is 6.59. The molecular formula is C19H26N6O3S+2. The van der Waals surface area contributed by atoms with Gasteiger partial charge in [-0.3, -0.25) is 10.1 Å². The van der Waals surface area contributed by atoms with E-state index in [9.17, 15) is 15.2 Å². The quantitative estimate of drug-likeness (QED) is 0.382. The third kappa shape index (κ3) is 3.70. The number of benzene rings is 1. The lowest BCUT2D eigenvalue weighted by Gasteiger charge is -2.34. The maximum atomic E-state index is 11.1. The number of quaternary nitrogens is 2. The summed E-state index contributed by atoms with van der Waals surface area (Å²) >= 11 is 1.45. The van der Waals surface area contributed by atoms with Crippen molar-refractivity contribution in [2.75, 3.05) is 32.7 Å². The highest BCUT2D eigenvalue weighted by molar-refractivity contribution is 7.17. The molecule has 1 atom stereocenters. The van der Waals surface area contributed by atoms with E-state index in [1.807, 2.05) is 19.1 Å². The summed E-state index contributed by atoms with van der Waals surface area (Å²) in [5, 5.41) is 26.4. The van der Waals surface area contributed by atoms with Gasteiger partial charge in [-0.25, -0.2) is 4.98 Å². The lowest BCUT2D eigenvalue weighted by Crippen LogP contribution is -3.28. The van der Waals surface area contributed by atoms with E-state index in [0.29, 0.717) is 17.2 Å². The smallest absolute Gasteiger partial charge is 0.269 e. The number of non-ortho nitro benzene ring substituents is 1. The molecular weight excluding hydrogens is 392 g/mol. The van der Waals surface area contributed by atoms with Crippen molar-refractivity contribution in [2.45, 2.75) is 26.3 Å². The second kappa shape index (κ2) is 8.05. The standard InChI is InChI=1S/C19H24N6O3S/c1-3-15-20-19-24(21-15)18(26)17(29-19)16(23-11-9-22(4-2)10-12-23)13-5-7-14(8-6-13)25(27)28/h5-8,16,26H,3-4,9-12H2,1-2H3/p+2/t16-/m0/s1. The number of nitro benzene ring substituents is 1. The topological polar surface area (TPSA) is 102 Å². The Bertz CT molecular complexity index is 1010. The molecule has 3 heterocycles. The molecule has 3 N–H and O–H groups in total. The SMILES string of the molecule is CCc1nc2sc([C@H](c3ccc([N+](=O)[O-])cc3)[NH+]3CC[NH+](CC)CC3)c(O)n2n1. The predicted octanol–water partition coefficient (Wildman–Crippen LogP) is -0.140. The molecule has 4 rings (SSSR count). The van der Waals surface area contributed by atoms with Gasteiger partial charge in [0.15, 0.2) is 11.9 Å². The first kappa shape index (κ1) is 19.7. The number of nitro groups is 1. The van der Waals surface area contributed by atoms with Crippen LogP contribution in [0.2, 0.25) is 0 Å². The molecule has 0 radical (unpaired) electrons. The molecule has 2 aromatic heterocycles. The number of hydrogen-bond acceptors (Lipinski definition) is 6. The zero-order valence-electron chi connectivity index (χ0n) is 16.6. The van der Waals surface area contributed by atoms with E-state index in [1.165, 1.54) is 20.8 Å². The van der Waals surface area contributed by atoms with Gasteiger partial charge in [-0.15, -0.1) is 5.10 Å². The van der Waals surface area contributed by atoms with E-state index in [-0.39, 0.29) is 22.5 Å². The first-order valence-electron chi connectivity index (χ1n) is 10.0. The van der Waals surface area contributed by atoms with Gasteiger partial charge < -0.3 is 14.9 Å². The molecule has 1 aliphatic rings. The molecule has 0 unspecified atom stereocenters. The van der Waals surface area contributed by atoms with Gasteiger partial charge in [0, 0.05) is 24.1 Å². The molecule has 1 fully saturated rings. The predicted molar refractivity (Wildman–Crippen MR) is 109 cm³/mol. The van der Waals surface area contributed by atoms with Gasteiger partial charge >= 0.3 is 0 Å². The van der Waals surface area contributed by atoms with Crippen molar-refractivity contribution >= 4 is 22.0 Å².